The van der Waals surface area contributed by atoms with Gasteiger partial charge in [-0.15, -0.1) is 0 Å². The van der Waals surface area contributed by atoms with E-state index in [1.165, 1.54) is 0 Å². The van der Waals surface area contributed by atoms with Crippen molar-refractivity contribution in [1.82, 2.24) is 9.97 Å². The maximum absolute atomic E-state index is 11.9. The minimum Gasteiger partial charge on any atom is -0.468 e. The molecule has 15 heavy (non-hydrogen) atoms. The summed E-state index contributed by atoms with van der Waals surface area (Å²) < 4.78 is 40.1. The Kier molecular flexibility index (Phi) is 3.73. The molecule has 84 valence electrons. The zero-order valence-corrected chi connectivity index (χ0v) is 8.56. The van der Waals surface area contributed by atoms with Crippen molar-refractivity contribution in [3.63, 3.8) is 0 Å². The van der Waals surface area contributed by atoms with Crippen molar-refractivity contribution in [2.24, 2.45) is 0 Å². The molecule has 0 spiro atoms. The third-order valence-electron chi connectivity index (χ3n) is 1.58. The molecule has 1 heterocycles. The van der Waals surface area contributed by atoms with Gasteiger partial charge in [-0.05, 0) is 6.42 Å². The molecule has 0 aliphatic heterocycles. The molecule has 0 aliphatic carbocycles. The van der Waals surface area contributed by atoms with E-state index in [0.29, 0.717) is 12.0 Å². The largest absolute Gasteiger partial charge is 0.468 e. The van der Waals surface area contributed by atoms with E-state index in [9.17, 15) is 13.2 Å². The van der Waals surface area contributed by atoms with Crippen molar-refractivity contribution in [3.8, 4) is 5.88 Å². The molecule has 0 saturated carbocycles. The van der Waals surface area contributed by atoms with Gasteiger partial charge in [0.15, 0.2) is 6.61 Å². The Labute approximate surface area is 89.2 Å². The second-order valence-electron chi connectivity index (χ2n) is 2.71. The van der Waals surface area contributed by atoms with Crippen LogP contribution >= 0.6 is 11.6 Å². The first-order valence-corrected chi connectivity index (χ1v) is 4.50. The normalized spacial score (nSPS) is 11.5. The highest BCUT2D eigenvalue weighted by molar-refractivity contribution is 6.30. The zero-order valence-electron chi connectivity index (χ0n) is 7.81. The van der Waals surface area contributed by atoms with Gasteiger partial charge in [0.2, 0.25) is 5.88 Å². The third kappa shape index (κ3) is 3.54. The fraction of sp³-hybridized carbons (Fsp3) is 0.500. The monoisotopic (exact) mass is 240 g/mol. The number of nitrogens with zero attached hydrogens (tertiary/aromatic N) is 2. The molecule has 1 aromatic rings. The van der Waals surface area contributed by atoms with Gasteiger partial charge in [-0.1, -0.05) is 18.5 Å². The van der Waals surface area contributed by atoms with E-state index in [2.05, 4.69) is 14.7 Å². The van der Waals surface area contributed by atoms with Crippen molar-refractivity contribution in [2.45, 2.75) is 19.5 Å². The lowest BCUT2D eigenvalue weighted by molar-refractivity contribution is -0.154. The van der Waals surface area contributed by atoms with Crippen molar-refractivity contribution in [1.29, 1.82) is 0 Å². The van der Waals surface area contributed by atoms with Crippen LogP contribution in [0.25, 0.3) is 0 Å². The number of hydrogen-bond donors (Lipinski definition) is 0. The van der Waals surface area contributed by atoms with Gasteiger partial charge in [-0.2, -0.15) is 13.2 Å². The van der Waals surface area contributed by atoms with Gasteiger partial charge in [-0.25, -0.2) is 9.97 Å². The van der Waals surface area contributed by atoms with E-state index in [1.807, 2.05) is 0 Å². The van der Waals surface area contributed by atoms with Crippen molar-refractivity contribution >= 4 is 11.6 Å². The molecular weight excluding hydrogens is 233 g/mol. The van der Waals surface area contributed by atoms with Crippen LogP contribution in [0.5, 0.6) is 5.88 Å². The molecule has 7 heteroatoms. The molecule has 1 rings (SSSR count). The topological polar surface area (TPSA) is 35.0 Å². The predicted molar refractivity (Wildman–Crippen MR) is 48.0 cm³/mol. The van der Waals surface area contributed by atoms with Crippen molar-refractivity contribution in [2.75, 3.05) is 6.61 Å². The summed E-state index contributed by atoms with van der Waals surface area (Å²) >= 11 is 5.67. The van der Waals surface area contributed by atoms with Crippen LogP contribution < -0.4 is 4.74 Å². The maximum Gasteiger partial charge on any atom is 0.422 e. The maximum atomic E-state index is 11.9. The second kappa shape index (κ2) is 4.65. The lowest BCUT2D eigenvalue weighted by atomic mass is 10.2. The van der Waals surface area contributed by atoms with E-state index < -0.39 is 12.8 Å². The highest BCUT2D eigenvalue weighted by Gasteiger charge is 2.29. The summed E-state index contributed by atoms with van der Waals surface area (Å²) in [5.74, 6) is -0.116. The van der Waals surface area contributed by atoms with E-state index in [1.54, 1.807) is 6.92 Å². The van der Waals surface area contributed by atoms with Gasteiger partial charge in [0.25, 0.3) is 0 Å². The van der Waals surface area contributed by atoms with Gasteiger partial charge in [-0.3, -0.25) is 0 Å². The molecule has 0 fully saturated rings. The van der Waals surface area contributed by atoms with E-state index in [0.717, 1.165) is 6.33 Å². The molecule has 0 unspecified atom stereocenters. The Morgan fingerprint density at radius 2 is 2.07 bits per heavy atom. The van der Waals surface area contributed by atoms with E-state index in [4.69, 9.17) is 11.6 Å². The summed E-state index contributed by atoms with van der Waals surface area (Å²) in [5.41, 5.74) is 0.378. The standard InChI is InChI=1S/C8H8ClF3N2O/c1-2-5-6(9)13-4-14-7(5)15-3-8(10,11)12/h4H,2-3H2,1H3. The highest BCUT2D eigenvalue weighted by atomic mass is 35.5. The van der Waals surface area contributed by atoms with Gasteiger partial charge < -0.3 is 4.74 Å². The molecule has 0 aromatic carbocycles. The number of hydrogen-bond acceptors (Lipinski definition) is 3. The average molecular weight is 241 g/mol. The SMILES string of the molecule is CCc1c(Cl)ncnc1OCC(F)(F)F. The minimum absolute atomic E-state index is 0.115. The van der Waals surface area contributed by atoms with Crippen LogP contribution in [0.15, 0.2) is 6.33 Å². The number of alkyl halides is 3. The molecule has 3 nitrogen and oxygen atoms in total. The molecule has 0 N–H and O–H groups in total. The van der Waals surface area contributed by atoms with Gasteiger partial charge in [0.1, 0.15) is 11.5 Å². The average Bonchev–Trinajstić information content (AvgIpc) is 2.13. The fourth-order valence-corrected chi connectivity index (χ4v) is 1.21. The molecule has 0 saturated heterocycles. The van der Waals surface area contributed by atoms with E-state index in [-0.39, 0.29) is 11.0 Å². The molecule has 0 amide bonds. The van der Waals surface area contributed by atoms with Crippen LogP contribution in [-0.4, -0.2) is 22.8 Å². The molecule has 0 radical (unpaired) electrons. The van der Waals surface area contributed by atoms with Crippen LogP contribution in [0.2, 0.25) is 5.15 Å². The van der Waals surface area contributed by atoms with Crippen LogP contribution in [-0.2, 0) is 6.42 Å². The lowest BCUT2D eigenvalue weighted by Gasteiger charge is -2.11. The predicted octanol–water partition coefficient (Wildman–Crippen LogP) is 2.63. The summed E-state index contributed by atoms with van der Waals surface area (Å²) in [5, 5.41) is 0.115. The molecule has 0 bridgehead atoms. The van der Waals surface area contributed by atoms with Gasteiger partial charge >= 0.3 is 6.18 Å². The highest BCUT2D eigenvalue weighted by Crippen LogP contribution is 2.24. The quantitative estimate of drug-likeness (QED) is 0.762. The van der Waals surface area contributed by atoms with Crippen LogP contribution in [0.3, 0.4) is 0 Å². The van der Waals surface area contributed by atoms with Crippen LogP contribution in [0, 0.1) is 0 Å². The summed E-state index contributed by atoms with van der Waals surface area (Å²) in [6.07, 6.45) is -2.91. The minimum atomic E-state index is -4.39. The zero-order chi connectivity index (χ0) is 11.5. The molecular formula is C8H8ClF3N2O. The number of aromatic nitrogens is 2. The molecule has 1 aromatic heterocycles. The number of halogens is 4. The Morgan fingerprint density at radius 3 is 2.60 bits per heavy atom. The summed E-state index contributed by atoms with van der Waals surface area (Å²) in [4.78, 5) is 7.24. The van der Waals surface area contributed by atoms with Gasteiger partial charge in [0.05, 0.1) is 5.56 Å². The van der Waals surface area contributed by atoms with Crippen LogP contribution in [0.1, 0.15) is 12.5 Å². The lowest BCUT2D eigenvalue weighted by Crippen LogP contribution is -2.20. The smallest absolute Gasteiger partial charge is 0.422 e. The van der Waals surface area contributed by atoms with Crippen LogP contribution in [0.4, 0.5) is 13.2 Å². The third-order valence-corrected chi connectivity index (χ3v) is 1.91. The molecule has 0 aliphatic rings. The Morgan fingerprint density at radius 1 is 1.40 bits per heavy atom. The van der Waals surface area contributed by atoms with Crippen molar-refractivity contribution in [3.05, 3.63) is 17.0 Å². The second-order valence-corrected chi connectivity index (χ2v) is 3.06. The van der Waals surface area contributed by atoms with Crippen molar-refractivity contribution < 1.29 is 17.9 Å². The summed E-state index contributed by atoms with van der Waals surface area (Å²) in [6.45, 7) is 0.346. The summed E-state index contributed by atoms with van der Waals surface area (Å²) in [7, 11) is 0. The Hall–Kier alpha value is -1.04. The fourth-order valence-electron chi connectivity index (χ4n) is 0.948. The van der Waals surface area contributed by atoms with E-state index >= 15 is 0 Å². The number of ether oxygens (including phenoxy) is 1. The Balaban J connectivity index is 2.81. The first-order valence-electron chi connectivity index (χ1n) is 4.13. The summed E-state index contributed by atoms with van der Waals surface area (Å²) in [6, 6.07) is 0. The first-order chi connectivity index (χ1) is 6.94. The number of rotatable bonds is 3. The molecule has 0 atom stereocenters. The van der Waals surface area contributed by atoms with Gasteiger partial charge in [0, 0.05) is 0 Å². The first kappa shape index (κ1) is 12.0. The Bertz CT molecular complexity index is 343.